The number of aromatic nitrogens is 2. The van der Waals surface area contributed by atoms with E-state index in [-0.39, 0.29) is 11.3 Å². The number of carbonyl (C=O) groups excluding carboxylic acids is 1. The third-order valence-corrected chi connectivity index (χ3v) is 6.56. The first-order valence-corrected chi connectivity index (χ1v) is 9.96. The van der Waals surface area contributed by atoms with Gasteiger partial charge in [0.05, 0.1) is 11.3 Å². The Morgan fingerprint density at radius 2 is 2.04 bits per heavy atom. The lowest BCUT2D eigenvalue weighted by atomic mass is 9.65. The molecule has 5 heteroatoms. The van der Waals surface area contributed by atoms with Gasteiger partial charge in [0, 0.05) is 18.0 Å². The lowest BCUT2D eigenvalue weighted by molar-refractivity contribution is -0.129. The van der Waals surface area contributed by atoms with E-state index in [0.29, 0.717) is 17.2 Å². The topological polar surface area (TPSA) is 46.1 Å². The van der Waals surface area contributed by atoms with Gasteiger partial charge in [-0.15, -0.1) is 0 Å². The summed E-state index contributed by atoms with van der Waals surface area (Å²) in [4.78, 5) is 23.7. The minimum atomic E-state index is 0.249. The zero-order chi connectivity index (χ0) is 17.7. The molecule has 25 heavy (non-hydrogen) atoms. The fourth-order valence-electron chi connectivity index (χ4n) is 5.06. The SMILES string of the molecule is CC1(C)C[C@H]2C[C@](C)(CN2C(=O)CSc2ncnc3ccccc23)C1. The number of benzene rings is 1. The standard InChI is InChI=1S/C20H25N3OS/c1-19(2)8-14-9-20(3,11-19)12-23(14)17(24)10-25-18-15-6-4-5-7-16(15)21-13-22-18/h4-7,13-14H,8-12H2,1-3H3/t14-,20-/m0/s1. The normalized spacial score (nSPS) is 27.6. The van der Waals surface area contributed by atoms with Crippen molar-refractivity contribution >= 4 is 28.6 Å². The van der Waals surface area contributed by atoms with Crippen LogP contribution >= 0.6 is 11.8 Å². The van der Waals surface area contributed by atoms with Crippen LogP contribution in [0.25, 0.3) is 10.9 Å². The Balaban J connectivity index is 1.48. The highest BCUT2D eigenvalue weighted by atomic mass is 32.2. The number of fused-ring (bicyclic) bond motifs is 3. The van der Waals surface area contributed by atoms with Crippen LogP contribution < -0.4 is 0 Å². The van der Waals surface area contributed by atoms with Gasteiger partial charge in [0.2, 0.25) is 5.91 Å². The molecule has 1 aromatic carbocycles. The van der Waals surface area contributed by atoms with Crippen molar-refractivity contribution < 1.29 is 4.79 Å². The van der Waals surface area contributed by atoms with Crippen molar-refractivity contribution in [1.29, 1.82) is 0 Å². The quantitative estimate of drug-likeness (QED) is 0.613. The molecule has 0 N–H and O–H groups in total. The second-order valence-corrected chi connectivity index (χ2v) is 9.68. The van der Waals surface area contributed by atoms with E-state index in [4.69, 9.17) is 0 Å². The van der Waals surface area contributed by atoms with E-state index in [2.05, 4.69) is 35.6 Å². The molecule has 1 aliphatic heterocycles. The average molecular weight is 356 g/mol. The zero-order valence-electron chi connectivity index (χ0n) is 15.2. The Hall–Kier alpha value is -1.62. The van der Waals surface area contributed by atoms with Crippen LogP contribution in [0.15, 0.2) is 35.6 Å². The fraction of sp³-hybridized carbons (Fsp3) is 0.550. The Morgan fingerprint density at radius 3 is 2.88 bits per heavy atom. The summed E-state index contributed by atoms with van der Waals surface area (Å²) in [6.07, 6.45) is 5.07. The van der Waals surface area contributed by atoms with E-state index in [1.807, 2.05) is 24.3 Å². The first-order chi connectivity index (χ1) is 11.9. The molecule has 1 aliphatic carbocycles. The molecule has 2 fully saturated rings. The highest BCUT2D eigenvalue weighted by Crippen LogP contribution is 2.52. The molecule has 0 radical (unpaired) electrons. The number of rotatable bonds is 3. The van der Waals surface area contributed by atoms with Crippen LogP contribution in [0.5, 0.6) is 0 Å². The van der Waals surface area contributed by atoms with Crippen LogP contribution in [-0.4, -0.2) is 39.1 Å². The Kier molecular flexibility index (Phi) is 4.02. The molecule has 2 heterocycles. The van der Waals surface area contributed by atoms with E-state index in [0.717, 1.165) is 35.3 Å². The first kappa shape index (κ1) is 16.8. The van der Waals surface area contributed by atoms with Crippen molar-refractivity contribution in [2.45, 2.75) is 51.1 Å². The summed E-state index contributed by atoms with van der Waals surface area (Å²) in [5, 5.41) is 1.92. The summed E-state index contributed by atoms with van der Waals surface area (Å²) >= 11 is 1.54. The monoisotopic (exact) mass is 355 g/mol. The average Bonchev–Trinajstić information content (AvgIpc) is 2.81. The maximum Gasteiger partial charge on any atom is 0.233 e. The lowest BCUT2D eigenvalue weighted by Crippen LogP contribution is -2.38. The first-order valence-electron chi connectivity index (χ1n) is 8.97. The molecule has 2 aromatic rings. The maximum absolute atomic E-state index is 12.9. The van der Waals surface area contributed by atoms with E-state index in [1.54, 1.807) is 6.33 Å². The molecular weight excluding hydrogens is 330 g/mol. The second kappa shape index (κ2) is 5.97. The van der Waals surface area contributed by atoms with E-state index >= 15 is 0 Å². The van der Waals surface area contributed by atoms with Crippen molar-refractivity contribution in [2.24, 2.45) is 10.8 Å². The van der Waals surface area contributed by atoms with Crippen LogP contribution in [0.2, 0.25) is 0 Å². The molecule has 4 nitrogen and oxygen atoms in total. The molecule has 1 aromatic heterocycles. The van der Waals surface area contributed by atoms with Crippen LogP contribution in [-0.2, 0) is 4.79 Å². The zero-order valence-corrected chi connectivity index (χ0v) is 16.0. The van der Waals surface area contributed by atoms with Gasteiger partial charge in [0.25, 0.3) is 0 Å². The van der Waals surface area contributed by atoms with Crippen LogP contribution in [0.1, 0.15) is 40.0 Å². The Bertz CT molecular complexity index is 816. The molecule has 132 valence electrons. The summed E-state index contributed by atoms with van der Waals surface area (Å²) in [7, 11) is 0. The van der Waals surface area contributed by atoms with Gasteiger partial charge in [0.1, 0.15) is 11.4 Å². The van der Waals surface area contributed by atoms with Gasteiger partial charge >= 0.3 is 0 Å². The van der Waals surface area contributed by atoms with Crippen molar-refractivity contribution in [1.82, 2.24) is 14.9 Å². The summed E-state index contributed by atoms with van der Waals surface area (Å²) in [5.41, 5.74) is 1.55. The number of amides is 1. The lowest BCUT2D eigenvalue weighted by Gasteiger charge is -2.39. The highest BCUT2D eigenvalue weighted by Gasteiger charge is 2.50. The number of hydrogen-bond acceptors (Lipinski definition) is 4. The van der Waals surface area contributed by atoms with E-state index in [1.165, 1.54) is 18.2 Å². The molecule has 4 rings (SSSR count). The van der Waals surface area contributed by atoms with Crippen LogP contribution in [0.4, 0.5) is 0 Å². The second-order valence-electron chi connectivity index (χ2n) is 8.72. The molecular formula is C20H25N3OS. The summed E-state index contributed by atoms with van der Waals surface area (Å²) in [5.74, 6) is 0.702. The molecule has 1 amide bonds. The summed E-state index contributed by atoms with van der Waals surface area (Å²) in [6, 6.07) is 8.37. The van der Waals surface area contributed by atoms with Crippen molar-refractivity contribution in [3.8, 4) is 0 Å². The van der Waals surface area contributed by atoms with Crippen molar-refractivity contribution in [3.63, 3.8) is 0 Å². The third kappa shape index (κ3) is 3.26. The van der Waals surface area contributed by atoms with Gasteiger partial charge in [-0.25, -0.2) is 9.97 Å². The molecule has 2 atom stereocenters. The number of hydrogen-bond donors (Lipinski definition) is 0. The number of carbonyl (C=O) groups is 1. The Labute approximate surface area is 153 Å². The molecule has 2 bridgehead atoms. The molecule has 1 saturated carbocycles. The molecule has 0 unspecified atom stereocenters. The number of thioether (sulfide) groups is 1. The summed E-state index contributed by atoms with van der Waals surface area (Å²) in [6.45, 7) is 7.94. The fourth-order valence-corrected chi connectivity index (χ4v) is 5.94. The minimum Gasteiger partial charge on any atom is -0.338 e. The maximum atomic E-state index is 12.9. The predicted molar refractivity (Wildman–Crippen MR) is 102 cm³/mol. The van der Waals surface area contributed by atoms with Gasteiger partial charge < -0.3 is 4.90 Å². The molecule has 0 spiro atoms. The van der Waals surface area contributed by atoms with Gasteiger partial charge in [-0.1, -0.05) is 50.7 Å². The van der Waals surface area contributed by atoms with Crippen LogP contribution in [0.3, 0.4) is 0 Å². The Morgan fingerprint density at radius 1 is 1.24 bits per heavy atom. The molecule has 1 saturated heterocycles. The number of likely N-dealkylation sites (tertiary alicyclic amines) is 1. The van der Waals surface area contributed by atoms with Crippen molar-refractivity contribution in [3.05, 3.63) is 30.6 Å². The number of nitrogens with zero attached hydrogens (tertiary/aromatic N) is 3. The summed E-state index contributed by atoms with van der Waals surface area (Å²) < 4.78 is 0. The van der Waals surface area contributed by atoms with Crippen LogP contribution in [0, 0.1) is 10.8 Å². The largest absolute Gasteiger partial charge is 0.338 e. The van der Waals surface area contributed by atoms with Gasteiger partial charge in [0.15, 0.2) is 0 Å². The van der Waals surface area contributed by atoms with E-state index < -0.39 is 0 Å². The number of para-hydroxylation sites is 1. The van der Waals surface area contributed by atoms with E-state index in [9.17, 15) is 4.79 Å². The van der Waals surface area contributed by atoms with Gasteiger partial charge in [-0.05, 0) is 36.2 Å². The third-order valence-electron chi connectivity index (χ3n) is 5.57. The molecule has 2 aliphatic rings. The smallest absolute Gasteiger partial charge is 0.233 e. The van der Waals surface area contributed by atoms with Gasteiger partial charge in [-0.3, -0.25) is 4.79 Å². The predicted octanol–water partition coefficient (Wildman–Crippen LogP) is 4.15. The van der Waals surface area contributed by atoms with Crippen molar-refractivity contribution in [2.75, 3.05) is 12.3 Å². The minimum absolute atomic E-state index is 0.249. The highest BCUT2D eigenvalue weighted by molar-refractivity contribution is 8.00. The van der Waals surface area contributed by atoms with Gasteiger partial charge in [-0.2, -0.15) is 0 Å².